The zero-order valence-electron chi connectivity index (χ0n) is 13.1. The van der Waals surface area contributed by atoms with E-state index in [0.29, 0.717) is 17.5 Å². The Morgan fingerprint density at radius 1 is 1.32 bits per heavy atom. The highest BCUT2D eigenvalue weighted by Gasteiger charge is 2.28. The molecule has 1 aliphatic rings. The Bertz CT molecular complexity index is 657. The molecular weight excluding hydrogens is 278 g/mol. The largest absolute Gasteiger partial charge is 0.426 e. The lowest BCUT2D eigenvalue weighted by molar-refractivity contribution is -0.133. The van der Waals surface area contributed by atoms with Crippen molar-refractivity contribution in [2.24, 2.45) is 7.05 Å². The van der Waals surface area contributed by atoms with E-state index in [1.807, 2.05) is 31.3 Å². The zero-order valence-corrected chi connectivity index (χ0v) is 13.1. The highest BCUT2D eigenvalue weighted by molar-refractivity contribution is 5.74. The molecule has 1 heterocycles. The molecule has 5 heteroatoms. The van der Waals surface area contributed by atoms with Gasteiger partial charge in [0.1, 0.15) is 18.0 Å². The Morgan fingerprint density at radius 2 is 2.05 bits per heavy atom. The maximum atomic E-state index is 12.0. The van der Waals surface area contributed by atoms with E-state index in [1.165, 1.54) is 5.56 Å². The minimum absolute atomic E-state index is 0.146. The summed E-state index contributed by atoms with van der Waals surface area (Å²) in [6.45, 7) is 2.14. The Morgan fingerprint density at radius 3 is 2.68 bits per heavy atom. The van der Waals surface area contributed by atoms with Gasteiger partial charge in [-0.2, -0.15) is 5.10 Å². The summed E-state index contributed by atoms with van der Waals surface area (Å²) in [7, 11) is 1.82. The van der Waals surface area contributed by atoms with E-state index in [2.05, 4.69) is 17.0 Å². The number of carbonyl (C=O) groups excluding carboxylic acids is 1. The van der Waals surface area contributed by atoms with Crippen LogP contribution in [0.15, 0.2) is 24.3 Å². The molecule has 1 saturated carbocycles. The smallest absolute Gasteiger partial charge is 0.318 e. The van der Waals surface area contributed by atoms with Crippen molar-refractivity contribution in [3.05, 3.63) is 41.5 Å². The average Bonchev–Trinajstić information content (AvgIpc) is 3.27. The summed E-state index contributed by atoms with van der Waals surface area (Å²) in [6, 6.07) is 7.68. The Kier molecular flexibility index (Phi) is 4.22. The molecule has 1 aliphatic carbocycles. The van der Waals surface area contributed by atoms with E-state index in [1.54, 1.807) is 4.68 Å². The molecule has 3 rings (SSSR count). The number of benzene rings is 1. The van der Waals surface area contributed by atoms with E-state index in [0.717, 1.165) is 31.5 Å². The van der Waals surface area contributed by atoms with Crippen molar-refractivity contribution in [1.82, 2.24) is 14.8 Å². The number of esters is 1. The normalized spacial score (nSPS) is 14.1. The molecule has 22 heavy (non-hydrogen) atoms. The first-order valence-electron chi connectivity index (χ1n) is 7.85. The molecule has 1 aromatic heterocycles. The van der Waals surface area contributed by atoms with E-state index >= 15 is 0 Å². The summed E-state index contributed by atoms with van der Waals surface area (Å²) >= 11 is 0. The maximum absolute atomic E-state index is 12.0. The van der Waals surface area contributed by atoms with Crippen molar-refractivity contribution in [3.63, 3.8) is 0 Å². The number of hydrogen-bond donors (Lipinski definition) is 0. The van der Waals surface area contributed by atoms with Crippen molar-refractivity contribution in [3.8, 4) is 5.75 Å². The third kappa shape index (κ3) is 3.53. The fourth-order valence-electron chi connectivity index (χ4n) is 2.42. The third-order valence-corrected chi connectivity index (χ3v) is 3.81. The molecule has 0 N–H and O–H groups in total. The van der Waals surface area contributed by atoms with Crippen LogP contribution in [0.2, 0.25) is 0 Å². The van der Waals surface area contributed by atoms with Gasteiger partial charge in [-0.05, 0) is 37.0 Å². The number of rotatable bonds is 6. The van der Waals surface area contributed by atoms with Crippen molar-refractivity contribution < 1.29 is 9.53 Å². The summed E-state index contributed by atoms with van der Waals surface area (Å²) in [5.74, 6) is 2.28. The second kappa shape index (κ2) is 6.30. The highest BCUT2D eigenvalue weighted by atomic mass is 16.5. The number of hydrogen-bond acceptors (Lipinski definition) is 4. The van der Waals surface area contributed by atoms with Gasteiger partial charge in [0.2, 0.25) is 0 Å². The fraction of sp³-hybridized carbons (Fsp3) is 0.471. The number of ether oxygens (including phenoxy) is 1. The van der Waals surface area contributed by atoms with Crippen LogP contribution in [0.5, 0.6) is 5.75 Å². The van der Waals surface area contributed by atoms with Gasteiger partial charge >= 0.3 is 5.97 Å². The number of aryl methyl sites for hydroxylation is 2. The van der Waals surface area contributed by atoms with Crippen LogP contribution < -0.4 is 4.74 Å². The summed E-state index contributed by atoms with van der Waals surface area (Å²) < 4.78 is 7.05. The molecular formula is C17H21N3O2. The molecule has 0 atom stereocenters. The van der Waals surface area contributed by atoms with Crippen molar-refractivity contribution >= 4 is 5.97 Å². The standard InChI is InChI=1S/C17H21N3O2/c1-3-4-12-5-9-14(10-6-12)22-16(21)11-15-18-17(13-7-8-13)19-20(15)2/h5-6,9-10,13H,3-4,7-8,11H2,1-2H3. The first-order valence-corrected chi connectivity index (χ1v) is 7.85. The molecule has 0 unspecified atom stereocenters. The molecule has 0 saturated heterocycles. The van der Waals surface area contributed by atoms with Gasteiger partial charge in [-0.25, -0.2) is 4.98 Å². The lowest BCUT2D eigenvalue weighted by atomic mass is 10.1. The van der Waals surface area contributed by atoms with Crippen LogP contribution in [-0.4, -0.2) is 20.7 Å². The average molecular weight is 299 g/mol. The SMILES string of the molecule is CCCc1ccc(OC(=O)Cc2nc(C3CC3)nn2C)cc1. The topological polar surface area (TPSA) is 57.0 Å². The second-order valence-corrected chi connectivity index (χ2v) is 5.83. The third-order valence-electron chi connectivity index (χ3n) is 3.81. The fourth-order valence-corrected chi connectivity index (χ4v) is 2.42. The quantitative estimate of drug-likeness (QED) is 0.608. The first-order chi connectivity index (χ1) is 10.7. The summed E-state index contributed by atoms with van der Waals surface area (Å²) in [4.78, 5) is 16.5. The molecule has 5 nitrogen and oxygen atoms in total. The molecule has 116 valence electrons. The first kappa shape index (κ1) is 14.8. The number of aromatic nitrogens is 3. The van der Waals surface area contributed by atoms with Gasteiger partial charge in [-0.15, -0.1) is 0 Å². The molecule has 1 aromatic carbocycles. The second-order valence-electron chi connectivity index (χ2n) is 5.83. The molecule has 0 bridgehead atoms. The lowest BCUT2D eigenvalue weighted by Crippen LogP contribution is -2.14. The lowest BCUT2D eigenvalue weighted by Gasteiger charge is -2.05. The highest BCUT2D eigenvalue weighted by Crippen LogP contribution is 2.38. The zero-order chi connectivity index (χ0) is 15.5. The van der Waals surface area contributed by atoms with Crippen molar-refractivity contribution in [2.45, 2.75) is 44.9 Å². The van der Waals surface area contributed by atoms with Gasteiger partial charge in [-0.3, -0.25) is 9.48 Å². The van der Waals surface area contributed by atoms with E-state index in [9.17, 15) is 4.79 Å². The van der Waals surface area contributed by atoms with Gasteiger partial charge in [0.05, 0.1) is 0 Å². The summed E-state index contributed by atoms with van der Waals surface area (Å²) in [5.41, 5.74) is 1.25. The molecule has 0 radical (unpaired) electrons. The van der Waals surface area contributed by atoms with Crippen LogP contribution in [0.3, 0.4) is 0 Å². The van der Waals surface area contributed by atoms with Gasteiger partial charge < -0.3 is 4.74 Å². The molecule has 0 aliphatic heterocycles. The molecule has 1 fully saturated rings. The van der Waals surface area contributed by atoms with Crippen LogP contribution in [0, 0.1) is 0 Å². The molecule has 2 aromatic rings. The van der Waals surface area contributed by atoms with Crippen LogP contribution in [0.25, 0.3) is 0 Å². The minimum atomic E-state index is -0.305. The van der Waals surface area contributed by atoms with E-state index in [-0.39, 0.29) is 12.4 Å². The van der Waals surface area contributed by atoms with Crippen molar-refractivity contribution in [2.75, 3.05) is 0 Å². The van der Waals surface area contributed by atoms with Gasteiger partial charge in [0.25, 0.3) is 0 Å². The Labute approximate surface area is 130 Å². The van der Waals surface area contributed by atoms with Crippen molar-refractivity contribution in [1.29, 1.82) is 0 Å². The predicted molar refractivity (Wildman–Crippen MR) is 82.8 cm³/mol. The Balaban J connectivity index is 1.59. The number of nitrogens with zero attached hydrogens (tertiary/aromatic N) is 3. The molecule has 0 amide bonds. The summed E-state index contributed by atoms with van der Waals surface area (Å²) in [5, 5.41) is 4.36. The Hall–Kier alpha value is -2.17. The van der Waals surface area contributed by atoms with E-state index in [4.69, 9.17) is 4.74 Å². The van der Waals surface area contributed by atoms with Crippen LogP contribution in [0.1, 0.15) is 49.3 Å². The maximum Gasteiger partial charge on any atom is 0.318 e. The van der Waals surface area contributed by atoms with Gasteiger partial charge in [0, 0.05) is 13.0 Å². The minimum Gasteiger partial charge on any atom is -0.426 e. The predicted octanol–water partition coefficient (Wildman–Crippen LogP) is 2.79. The van der Waals surface area contributed by atoms with Crippen LogP contribution in [-0.2, 0) is 24.7 Å². The monoisotopic (exact) mass is 299 g/mol. The molecule has 0 spiro atoms. The van der Waals surface area contributed by atoms with E-state index < -0.39 is 0 Å². The number of carbonyl (C=O) groups is 1. The van der Waals surface area contributed by atoms with Crippen LogP contribution in [0.4, 0.5) is 0 Å². The van der Waals surface area contributed by atoms with Gasteiger partial charge in [-0.1, -0.05) is 25.5 Å². The van der Waals surface area contributed by atoms with Gasteiger partial charge in [0.15, 0.2) is 5.82 Å². The van der Waals surface area contributed by atoms with Crippen LogP contribution >= 0.6 is 0 Å². The summed E-state index contributed by atoms with van der Waals surface area (Å²) in [6.07, 6.45) is 4.59.